The predicted molar refractivity (Wildman–Crippen MR) is 95.9 cm³/mol. The first-order valence-corrected chi connectivity index (χ1v) is 8.74. The summed E-state index contributed by atoms with van der Waals surface area (Å²) in [5.74, 6) is 0.504. The van der Waals surface area contributed by atoms with E-state index >= 15 is 0 Å². The first-order valence-electron chi connectivity index (χ1n) is 7.38. The van der Waals surface area contributed by atoms with Gasteiger partial charge in [-0.2, -0.15) is 0 Å². The van der Waals surface area contributed by atoms with Gasteiger partial charge in [-0.1, -0.05) is 41.9 Å². The summed E-state index contributed by atoms with van der Waals surface area (Å²) in [6.45, 7) is 1.72. The Bertz CT molecular complexity index is 604. The Morgan fingerprint density at radius 1 is 1.13 bits per heavy atom. The summed E-state index contributed by atoms with van der Waals surface area (Å²) >= 11 is 7.39. The molecule has 0 aliphatic rings. The summed E-state index contributed by atoms with van der Waals surface area (Å²) in [6.07, 6.45) is 0. The van der Waals surface area contributed by atoms with Gasteiger partial charge in [-0.3, -0.25) is 4.79 Å². The molecule has 1 amide bonds. The summed E-state index contributed by atoms with van der Waals surface area (Å²) in [4.78, 5) is 15.4. The molecule has 0 aliphatic carbocycles. The number of ether oxygens (including phenoxy) is 1. The minimum Gasteiger partial charge on any atom is -0.383 e. The second-order valence-corrected chi connectivity index (χ2v) is 6.52. The molecule has 0 spiro atoms. The smallest absolute Gasteiger partial charge is 0.233 e. The fourth-order valence-electron chi connectivity index (χ4n) is 2.06. The molecule has 0 saturated heterocycles. The van der Waals surface area contributed by atoms with E-state index in [0.717, 1.165) is 10.5 Å². The molecular weight excluding hydrogens is 330 g/mol. The second kappa shape index (κ2) is 9.60. The Balaban J connectivity index is 1.94. The number of nitrogens with zero attached hydrogens (tertiary/aromatic N) is 1. The highest BCUT2D eigenvalue weighted by atomic mass is 35.5. The van der Waals surface area contributed by atoms with Gasteiger partial charge in [0.1, 0.15) is 0 Å². The molecule has 2 aromatic carbocycles. The average molecular weight is 350 g/mol. The van der Waals surface area contributed by atoms with Gasteiger partial charge in [0.2, 0.25) is 5.91 Å². The van der Waals surface area contributed by atoms with Gasteiger partial charge >= 0.3 is 0 Å². The number of carbonyl (C=O) groups excluding carboxylic acids is 1. The Morgan fingerprint density at radius 2 is 1.83 bits per heavy atom. The van der Waals surface area contributed by atoms with E-state index in [4.69, 9.17) is 16.3 Å². The van der Waals surface area contributed by atoms with Crippen LogP contribution in [0.15, 0.2) is 59.5 Å². The van der Waals surface area contributed by atoms with Crippen molar-refractivity contribution in [1.82, 2.24) is 4.90 Å². The van der Waals surface area contributed by atoms with Crippen molar-refractivity contribution in [1.29, 1.82) is 0 Å². The molecule has 0 aromatic heterocycles. The van der Waals surface area contributed by atoms with Gasteiger partial charge in [-0.25, -0.2) is 0 Å². The van der Waals surface area contributed by atoms with Crippen molar-refractivity contribution in [2.24, 2.45) is 0 Å². The highest BCUT2D eigenvalue weighted by Crippen LogP contribution is 2.21. The third-order valence-electron chi connectivity index (χ3n) is 3.31. The van der Waals surface area contributed by atoms with E-state index in [1.54, 1.807) is 7.11 Å². The number of thioether (sulfide) groups is 1. The molecule has 0 bridgehead atoms. The molecule has 0 unspecified atom stereocenters. The maximum atomic E-state index is 12.5. The number of amides is 1. The van der Waals surface area contributed by atoms with Gasteiger partial charge in [0, 0.05) is 30.1 Å². The molecule has 0 saturated carbocycles. The normalized spacial score (nSPS) is 10.5. The van der Waals surface area contributed by atoms with Crippen LogP contribution in [0.1, 0.15) is 5.56 Å². The van der Waals surface area contributed by atoms with E-state index in [-0.39, 0.29) is 5.91 Å². The Labute approximate surface area is 146 Å². The quantitative estimate of drug-likeness (QED) is 0.672. The van der Waals surface area contributed by atoms with E-state index in [0.29, 0.717) is 30.5 Å². The van der Waals surface area contributed by atoms with Gasteiger partial charge in [0.05, 0.1) is 12.4 Å². The Kier molecular flexibility index (Phi) is 7.46. The first-order chi connectivity index (χ1) is 11.2. The average Bonchev–Trinajstić information content (AvgIpc) is 2.58. The van der Waals surface area contributed by atoms with Crippen molar-refractivity contribution in [3.05, 3.63) is 65.2 Å². The third-order valence-corrected chi connectivity index (χ3v) is 4.56. The lowest BCUT2D eigenvalue weighted by Gasteiger charge is -2.22. The Morgan fingerprint density at radius 3 is 2.48 bits per heavy atom. The van der Waals surface area contributed by atoms with Gasteiger partial charge in [0.15, 0.2) is 0 Å². The van der Waals surface area contributed by atoms with Crippen molar-refractivity contribution in [2.75, 3.05) is 26.0 Å². The standard InChI is InChI=1S/C18H20ClNO2S/c1-22-12-11-20(13-15-5-3-2-4-6-15)18(21)14-23-17-9-7-16(19)8-10-17/h2-10H,11-14H2,1H3. The van der Waals surface area contributed by atoms with Gasteiger partial charge in [-0.15, -0.1) is 11.8 Å². The van der Waals surface area contributed by atoms with Crippen LogP contribution in [0, 0.1) is 0 Å². The molecule has 122 valence electrons. The zero-order valence-electron chi connectivity index (χ0n) is 13.1. The number of rotatable bonds is 8. The van der Waals surface area contributed by atoms with Crippen molar-refractivity contribution < 1.29 is 9.53 Å². The molecule has 0 fully saturated rings. The lowest BCUT2D eigenvalue weighted by atomic mass is 10.2. The SMILES string of the molecule is COCCN(Cc1ccccc1)C(=O)CSc1ccc(Cl)cc1. The third kappa shape index (κ3) is 6.26. The minimum absolute atomic E-state index is 0.103. The van der Waals surface area contributed by atoms with E-state index in [1.807, 2.05) is 59.5 Å². The van der Waals surface area contributed by atoms with Crippen LogP contribution in [0.25, 0.3) is 0 Å². The molecule has 0 heterocycles. The van der Waals surface area contributed by atoms with Crippen LogP contribution in [0.5, 0.6) is 0 Å². The topological polar surface area (TPSA) is 29.5 Å². The van der Waals surface area contributed by atoms with Crippen molar-refractivity contribution >= 4 is 29.3 Å². The predicted octanol–water partition coefficient (Wildman–Crippen LogP) is 4.11. The first kappa shape index (κ1) is 17.9. The van der Waals surface area contributed by atoms with E-state index < -0.39 is 0 Å². The molecular formula is C18H20ClNO2S. The molecule has 0 atom stereocenters. The molecule has 3 nitrogen and oxygen atoms in total. The van der Waals surface area contributed by atoms with Crippen LogP contribution in [-0.2, 0) is 16.1 Å². The van der Waals surface area contributed by atoms with Gasteiger partial charge in [-0.05, 0) is 29.8 Å². The second-order valence-electron chi connectivity index (χ2n) is 5.04. The summed E-state index contributed by atoms with van der Waals surface area (Å²) in [5.41, 5.74) is 1.12. The van der Waals surface area contributed by atoms with E-state index in [1.165, 1.54) is 11.8 Å². The number of carbonyl (C=O) groups is 1. The number of hydrogen-bond acceptors (Lipinski definition) is 3. The molecule has 0 N–H and O–H groups in total. The summed E-state index contributed by atoms with van der Waals surface area (Å²) < 4.78 is 5.12. The highest BCUT2D eigenvalue weighted by molar-refractivity contribution is 8.00. The van der Waals surface area contributed by atoms with Crippen molar-refractivity contribution in [2.45, 2.75) is 11.4 Å². The van der Waals surface area contributed by atoms with Gasteiger partial charge in [0.25, 0.3) is 0 Å². The van der Waals surface area contributed by atoms with Crippen LogP contribution in [0.4, 0.5) is 0 Å². The van der Waals surface area contributed by atoms with Crippen LogP contribution in [0.3, 0.4) is 0 Å². The molecule has 23 heavy (non-hydrogen) atoms. The summed E-state index contributed by atoms with van der Waals surface area (Å²) in [5, 5.41) is 0.700. The van der Waals surface area contributed by atoms with Crippen LogP contribution >= 0.6 is 23.4 Å². The maximum absolute atomic E-state index is 12.5. The highest BCUT2D eigenvalue weighted by Gasteiger charge is 2.14. The number of hydrogen-bond donors (Lipinski definition) is 0. The van der Waals surface area contributed by atoms with E-state index in [9.17, 15) is 4.79 Å². The Hall–Kier alpha value is -1.49. The summed E-state index contributed by atoms with van der Waals surface area (Å²) in [6, 6.07) is 17.5. The molecule has 2 aromatic rings. The lowest BCUT2D eigenvalue weighted by molar-refractivity contribution is -0.129. The lowest BCUT2D eigenvalue weighted by Crippen LogP contribution is -2.34. The fraction of sp³-hybridized carbons (Fsp3) is 0.278. The molecule has 2 rings (SSSR count). The monoisotopic (exact) mass is 349 g/mol. The minimum atomic E-state index is 0.103. The van der Waals surface area contributed by atoms with Crippen LogP contribution in [0.2, 0.25) is 5.02 Å². The number of halogens is 1. The van der Waals surface area contributed by atoms with Gasteiger partial charge < -0.3 is 9.64 Å². The van der Waals surface area contributed by atoms with Crippen LogP contribution < -0.4 is 0 Å². The molecule has 5 heteroatoms. The van der Waals surface area contributed by atoms with E-state index in [2.05, 4.69) is 0 Å². The number of methoxy groups -OCH3 is 1. The van der Waals surface area contributed by atoms with Crippen LogP contribution in [-0.4, -0.2) is 36.8 Å². The largest absolute Gasteiger partial charge is 0.383 e. The maximum Gasteiger partial charge on any atom is 0.233 e. The fourth-order valence-corrected chi connectivity index (χ4v) is 2.99. The molecule has 0 aliphatic heterocycles. The van der Waals surface area contributed by atoms with Crippen molar-refractivity contribution in [3.63, 3.8) is 0 Å². The molecule has 0 radical (unpaired) electrons. The van der Waals surface area contributed by atoms with Crippen molar-refractivity contribution in [3.8, 4) is 0 Å². The number of benzene rings is 2. The summed E-state index contributed by atoms with van der Waals surface area (Å²) in [7, 11) is 1.65. The zero-order valence-corrected chi connectivity index (χ0v) is 14.6. The zero-order chi connectivity index (χ0) is 16.5.